The van der Waals surface area contributed by atoms with E-state index in [1.54, 1.807) is 6.92 Å². The molecule has 0 fully saturated rings. The average molecular weight is 256 g/mol. The van der Waals surface area contributed by atoms with Gasteiger partial charge in [-0.15, -0.1) is 0 Å². The summed E-state index contributed by atoms with van der Waals surface area (Å²) in [4.78, 5) is 10.8. The smallest absolute Gasteiger partial charge is 0.435 e. The summed E-state index contributed by atoms with van der Waals surface area (Å²) in [7, 11) is 0. The van der Waals surface area contributed by atoms with Crippen LogP contribution in [0.1, 0.15) is 65.2 Å². The van der Waals surface area contributed by atoms with E-state index in [-0.39, 0.29) is 0 Å². The van der Waals surface area contributed by atoms with Gasteiger partial charge in [0, 0.05) is 0 Å². The van der Waals surface area contributed by atoms with Crippen molar-refractivity contribution in [2.24, 2.45) is 0 Å². The maximum atomic E-state index is 10.8. The van der Waals surface area contributed by atoms with Crippen LogP contribution in [0, 0.1) is 0 Å². The highest BCUT2D eigenvalue weighted by molar-refractivity contribution is 5.59. The molecule has 0 aliphatic heterocycles. The third-order valence-electron chi connectivity index (χ3n) is 2.70. The summed E-state index contributed by atoms with van der Waals surface area (Å²) >= 11 is 0. The van der Waals surface area contributed by atoms with Gasteiger partial charge in [-0.25, -0.2) is 4.79 Å². The fourth-order valence-electron chi connectivity index (χ4n) is 1.68. The van der Waals surface area contributed by atoms with Crippen molar-refractivity contribution >= 4 is 6.16 Å². The first-order chi connectivity index (χ1) is 8.81. The van der Waals surface area contributed by atoms with Crippen molar-refractivity contribution in [3.8, 4) is 0 Å². The number of carbonyl (C=O) groups excluding carboxylic acids is 1. The normalized spacial score (nSPS) is 10.8. The Morgan fingerprint density at radius 1 is 0.889 bits per heavy atom. The molecule has 0 saturated heterocycles. The Balaban J connectivity index is 3.16. The van der Waals surface area contributed by atoms with E-state index in [0.717, 1.165) is 6.42 Å². The van der Waals surface area contributed by atoms with Crippen LogP contribution >= 0.6 is 0 Å². The van der Waals surface area contributed by atoms with E-state index in [2.05, 4.69) is 17.7 Å². The molecule has 0 aliphatic carbocycles. The van der Waals surface area contributed by atoms with Gasteiger partial charge in [0.1, 0.15) is 6.61 Å². The molecule has 18 heavy (non-hydrogen) atoms. The molecule has 0 bridgehead atoms. The first-order valence-electron chi connectivity index (χ1n) is 7.25. The highest BCUT2D eigenvalue weighted by Gasteiger charge is 1.97. The van der Waals surface area contributed by atoms with Crippen LogP contribution < -0.4 is 0 Å². The largest absolute Gasteiger partial charge is 0.508 e. The lowest BCUT2D eigenvalue weighted by atomic mass is 10.1. The van der Waals surface area contributed by atoms with Crippen LogP contribution in [0.5, 0.6) is 0 Å². The molecule has 0 rings (SSSR count). The monoisotopic (exact) mass is 256 g/mol. The van der Waals surface area contributed by atoms with Gasteiger partial charge in [-0.2, -0.15) is 0 Å². The number of hydrogen-bond acceptors (Lipinski definition) is 3. The lowest BCUT2D eigenvalue weighted by Gasteiger charge is -2.01. The first-order valence-corrected chi connectivity index (χ1v) is 7.25. The van der Waals surface area contributed by atoms with Crippen molar-refractivity contribution in [2.45, 2.75) is 65.2 Å². The summed E-state index contributed by atoms with van der Waals surface area (Å²) in [5.74, 6) is 0. The van der Waals surface area contributed by atoms with Gasteiger partial charge >= 0.3 is 6.16 Å². The van der Waals surface area contributed by atoms with E-state index in [9.17, 15) is 4.79 Å². The number of ether oxygens (including phenoxy) is 2. The molecule has 0 spiro atoms. The Morgan fingerprint density at radius 2 is 1.56 bits per heavy atom. The first kappa shape index (κ1) is 17.0. The lowest BCUT2D eigenvalue weighted by molar-refractivity contribution is 0.0673. The van der Waals surface area contributed by atoms with Gasteiger partial charge in [-0.3, -0.25) is 0 Å². The lowest BCUT2D eigenvalue weighted by Crippen LogP contribution is -2.06. The zero-order valence-corrected chi connectivity index (χ0v) is 12.0. The summed E-state index contributed by atoms with van der Waals surface area (Å²) in [6.07, 6.45) is 13.7. The summed E-state index contributed by atoms with van der Waals surface area (Å²) in [6.45, 7) is 4.68. The number of unbranched alkanes of at least 4 members (excludes halogenated alkanes) is 7. The number of allylic oxidation sites excluding steroid dienone is 1. The molecule has 0 radical (unpaired) electrons. The van der Waals surface area contributed by atoms with Crippen molar-refractivity contribution in [3.05, 3.63) is 12.2 Å². The standard InChI is InChI=1S/C15H28O3/c1-3-5-6-7-8-9-10-11-12-13-14-18-15(16)17-4-2/h12-13H,3-11,14H2,1-2H3/b13-12+. The van der Waals surface area contributed by atoms with E-state index < -0.39 is 6.16 Å². The molecular weight excluding hydrogens is 228 g/mol. The second kappa shape index (κ2) is 14.1. The maximum Gasteiger partial charge on any atom is 0.508 e. The summed E-state index contributed by atoms with van der Waals surface area (Å²) in [5, 5.41) is 0. The minimum atomic E-state index is -0.585. The van der Waals surface area contributed by atoms with Crippen LogP contribution in [0.15, 0.2) is 12.2 Å². The zero-order chi connectivity index (χ0) is 13.5. The van der Waals surface area contributed by atoms with Crippen molar-refractivity contribution in [2.75, 3.05) is 13.2 Å². The Hall–Kier alpha value is -0.990. The Labute approximate surface area is 112 Å². The van der Waals surface area contributed by atoms with Crippen LogP contribution in [-0.4, -0.2) is 19.4 Å². The van der Waals surface area contributed by atoms with E-state index in [1.807, 2.05) is 6.08 Å². The van der Waals surface area contributed by atoms with E-state index >= 15 is 0 Å². The molecule has 0 N–H and O–H groups in total. The Bertz CT molecular complexity index is 212. The zero-order valence-electron chi connectivity index (χ0n) is 12.0. The minimum Gasteiger partial charge on any atom is -0.435 e. The molecular formula is C15H28O3. The molecule has 0 aromatic heterocycles. The predicted molar refractivity (Wildman–Crippen MR) is 74.7 cm³/mol. The van der Waals surface area contributed by atoms with Gasteiger partial charge in [0.05, 0.1) is 6.61 Å². The molecule has 0 aromatic carbocycles. The molecule has 3 heteroatoms. The van der Waals surface area contributed by atoms with Gasteiger partial charge < -0.3 is 9.47 Å². The number of rotatable bonds is 11. The molecule has 0 saturated carbocycles. The highest BCUT2D eigenvalue weighted by atomic mass is 16.7. The third-order valence-corrected chi connectivity index (χ3v) is 2.70. The van der Waals surface area contributed by atoms with Crippen LogP contribution in [-0.2, 0) is 9.47 Å². The quantitative estimate of drug-likeness (QED) is 0.301. The van der Waals surface area contributed by atoms with Crippen LogP contribution in [0.25, 0.3) is 0 Å². The number of carbonyl (C=O) groups is 1. The molecule has 0 amide bonds. The SMILES string of the molecule is CCCCCCCCC/C=C/COC(=O)OCC. The highest BCUT2D eigenvalue weighted by Crippen LogP contribution is 2.08. The molecule has 3 nitrogen and oxygen atoms in total. The summed E-state index contributed by atoms with van der Waals surface area (Å²) in [6, 6.07) is 0. The van der Waals surface area contributed by atoms with E-state index in [1.165, 1.54) is 44.9 Å². The second-order valence-electron chi connectivity index (χ2n) is 4.38. The minimum absolute atomic E-state index is 0.315. The van der Waals surface area contributed by atoms with Gasteiger partial charge in [0.15, 0.2) is 0 Å². The maximum absolute atomic E-state index is 10.8. The van der Waals surface area contributed by atoms with Crippen LogP contribution in [0.3, 0.4) is 0 Å². The fraction of sp³-hybridized carbons (Fsp3) is 0.800. The predicted octanol–water partition coefficient (Wildman–Crippen LogP) is 4.86. The third kappa shape index (κ3) is 13.1. The topological polar surface area (TPSA) is 35.5 Å². The molecule has 0 heterocycles. The Morgan fingerprint density at radius 3 is 2.22 bits per heavy atom. The molecule has 0 aromatic rings. The van der Waals surface area contributed by atoms with Crippen LogP contribution in [0.4, 0.5) is 4.79 Å². The van der Waals surface area contributed by atoms with Crippen molar-refractivity contribution in [3.63, 3.8) is 0 Å². The van der Waals surface area contributed by atoms with Crippen LogP contribution in [0.2, 0.25) is 0 Å². The van der Waals surface area contributed by atoms with Crippen molar-refractivity contribution in [1.29, 1.82) is 0 Å². The summed E-state index contributed by atoms with van der Waals surface area (Å²) in [5.41, 5.74) is 0. The average Bonchev–Trinajstić information content (AvgIpc) is 2.36. The molecule has 0 unspecified atom stereocenters. The summed E-state index contributed by atoms with van der Waals surface area (Å²) < 4.78 is 9.45. The van der Waals surface area contributed by atoms with Crippen molar-refractivity contribution < 1.29 is 14.3 Å². The molecule has 0 aliphatic rings. The fourth-order valence-corrected chi connectivity index (χ4v) is 1.68. The van der Waals surface area contributed by atoms with Crippen molar-refractivity contribution in [1.82, 2.24) is 0 Å². The Kier molecular flexibility index (Phi) is 13.3. The number of hydrogen-bond donors (Lipinski definition) is 0. The van der Waals surface area contributed by atoms with Gasteiger partial charge in [-0.1, -0.05) is 57.6 Å². The molecule has 106 valence electrons. The van der Waals surface area contributed by atoms with Gasteiger partial charge in [-0.05, 0) is 19.8 Å². The van der Waals surface area contributed by atoms with Gasteiger partial charge in [0.25, 0.3) is 0 Å². The second-order valence-corrected chi connectivity index (χ2v) is 4.38. The van der Waals surface area contributed by atoms with Gasteiger partial charge in [0.2, 0.25) is 0 Å². The van der Waals surface area contributed by atoms with E-state index in [4.69, 9.17) is 4.74 Å². The molecule has 0 atom stereocenters. The van der Waals surface area contributed by atoms with E-state index in [0.29, 0.717) is 13.2 Å².